The maximum Gasteiger partial charge on any atom is 0.0855 e. The Morgan fingerprint density at radius 1 is 0.958 bits per heavy atom. The number of nitrogens with zero attached hydrogens (tertiary/aromatic N) is 1. The van der Waals surface area contributed by atoms with Crippen LogP contribution < -0.4 is 5.32 Å². The van der Waals surface area contributed by atoms with Crippen LogP contribution in [0.4, 0.5) is 0 Å². The third-order valence-electron chi connectivity index (χ3n) is 5.98. The fourth-order valence-corrected chi connectivity index (χ4v) is 4.43. The lowest BCUT2D eigenvalue weighted by Crippen LogP contribution is -2.59. The summed E-state index contributed by atoms with van der Waals surface area (Å²) in [6.07, 6.45) is 17.1. The summed E-state index contributed by atoms with van der Waals surface area (Å²) in [5.74, 6) is 0. The van der Waals surface area contributed by atoms with Gasteiger partial charge in [-0.1, -0.05) is 71.6 Å². The van der Waals surface area contributed by atoms with Gasteiger partial charge in [0.2, 0.25) is 0 Å². The Kier molecular flexibility index (Phi) is 10.3. The fourth-order valence-electron chi connectivity index (χ4n) is 4.43. The quantitative estimate of drug-likeness (QED) is 0.520. The first kappa shape index (κ1) is 20.2. The zero-order valence-corrected chi connectivity index (χ0v) is 16.4. The summed E-state index contributed by atoms with van der Waals surface area (Å²) in [5.41, 5.74) is 0. The molecular formula is C21H42N2O. The third kappa shape index (κ3) is 7.01. The maximum atomic E-state index is 6.06. The number of morpholine rings is 1. The molecule has 0 aliphatic carbocycles. The van der Waals surface area contributed by atoms with Crippen molar-refractivity contribution in [2.75, 3.05) is 26.2 Å². The van der Waals surface area contributed by atoms with E-state index in [1.807, 2.05) is 0 Å². The summed E-state index contributed by atoms with van der Waals surface area (Å²) in [6, 6.07) is 1.41. The van der Waals surface area contributed by atoms with E-state index in [0.717, 1.165) is 25.7 Å². The summed E-state index contributed by atoms with van der Waals surface area (Å²) in [7, 11) is 0. The number of hydrogen-bond donors (Lipinski definition) is 1. The second-order valence-corrected chi connectivity index (χ2v) is 7.96. The molecule has 0 radical (unpaired) electrons. The highest BCUT2D eigenvalue weighted by atomic mass is 16.5. The SMILES string of the molecule is CCCCCCCC(CCCCCC)N1CC[C@H]2NCCO[C@@H]2C1. The maximum absolute atomic E-state index is 6.06. The third-order valence-corrected chi connectivity index (χ3v) is 5.98. The van der Waals surface area contributed by atoms with Crippen LogP contribution in [0.15, 0.2) is 0 Å². The van der Waals surface area contributed by atoms with Crippen molar-refractivity contribution < 1.29 is 4.74 Å². The first-order valence-corrected chi connectivity index (χ1v) is 10.9. The number of likely N-dealkylation sites (tertiary alicyclic amines) is 1. The molecule has 3 atom stereocenters. The van der Waals surface area contributed by atoms with Crippen molar-refractivity contribution in [3.05, 3.63) is 0 Å². The van der Waals surface area contributed by atoms with Crippen molar-refractivity contribution in [2.24, 2.45) is 0 Å². The molecule has 2 saturated heterocycles. The fraction of sp³-hybridized carbons (Fsp3) is 1.00. The van der Waals surface area contributed by atoms with Gasteiger partial charge in [-0.05, 0) is 19.3 Å². The molecule has 3 heteroatoms. The highest BCUT2D eigenvalue weighted by Crippen LogP contribution is 2.24. The van der Waals surface area contributed by atoms with Crippen LogP contribution in [0.25, 0.3) is 0 Å². The smallest absolute Gasteiger partial charge is 0.0855 e. The van der Waals surface area contributed by atoms with Gasteiger partial charge in [0.15, 0.2) is 0 Å². The molecule has 1 N–H and O–H groups in total. The van der Waals surface area contributed by atoms with Crippen LogP contribution in [0.3, 0.4) is 0 Å². The lowest BCUT2D eigenvalue weighted by Gasteiger charge is -2.44. The van der Waals surface area contributed by atoms with E-state index in [4.69, 9.17) is 4.74 Å². The molecule has 3 nitrogen and oxygen atoms in total. The van der Waals surface area contributed by atoms with Gasteiger partial charge in [-0.15, -0.1) is 0 Å². The highest BCUT2D eigenvalue weighted by Gasteiger charge is 2.34. The average Bonchev–Trinajstić information content (AvgIpc) is 2.63. The first-order valence-electron chi connectivity index (χ1n) is 10.9. The Hall–Kier alpha value is -0.120. The zero-order valence-electron chi connectivity index (χ0n) is 16.4. The number of ether oxygens (including phenoxy) is 1. The summed E-state index contributed by atoms with van der Waals surface area (Å²) in [5, 5.41) is 3.66. The zero-order chi connectivity index (χ0) is 17.0. The second-order valence-electron chi connectivity index (χ2n) is 7.96. The summed E-state index contributed by atoms with van der Waals surface area (Å²) in [4.78, 5) is 2.78. The Bertz CT molecular complexity index is 310. The van der Waals surface area contributed by atoms with E-state index in [-0.39, 0.29) is 0 Å². The average molecular weight is 339 g/mol. The molecule has 0 amide bonds. The molecule has 2 rings (SSSR count). The van der Waals surface area contributed by atoms with Crippen molar-refractivity contribution in [1.82, 2.24) is 10.2 Å². The highest BCUT2D eigenvalue weighted by molar-refractivity contribution is 4.90. The largest absolute Gasteiger partial charge is 0.374 e. The van der Waals surface area contributed by atoms with E-state index in [1.165, 1.54) is 83.6 Å². The molecule has 0 aromatic heterocycles. The van der Waals surface area contributed by atoms with E-state index in [2.05, 4.69) is 24.1 Å². The molecule has 0 aromatic rings. The number of fused-ring (bicyclic) bond motifs is 1. The van der Waals surface area contributed by atoms with Gasteiger partial charge in [-0.3, -0.25) is 4.90 Å². The molecular weight excluding hydrogens is 296 g/mol. The Balaban J connectivity index is 1.76. The molecule has 2 fully saturated rings. The Morgan fingerprint density at radius 3 is 2.33 bits per heavy atom. The van der Waals surface area contributed by atoms with Gasteiger partial charge in [-0.25, -0.2) is 0 Å². The van der Waals surface area contributed by atoms with E-state index in [1.54, 1.807) is 0 Å². The summed E-state index contributed by atoms with van der Waals surface area (Å²) in [6.45, 7) is 8.98. The molecule has 2 aliphatic rings. The van der Waals surface area contributed by atoms with Gasteiger partial charge in [0, 0.05) is 31.7 Å². The van der Waals surface area contributed by atoms with Crippen LogP contribution in [0.2, 0.25) is 0 Å². The van der Waals surface area contributed by atoms with Crippen molar-refractivity contribution in [1.29, 1.82) is 0 Å². The molecule has 0 saturated carbocycles. The van der Waals surface area contributed by atoms with Crippen molar-refractivity contribution in [3.63, 3.8) is 0 Å². The van der Waals surface area contributed by atoms with Gasteiger partial charge >= 0.3 is 0 Å². The van der Waals surface area contributed by atoms with Crippen molar-refractivity contribution >= 4 is 0 Å². The molecule has 24 heavy (non-hydrogen) atoms. The van der Waals surface area contributed by atoms with Crippen molar-refractivity contribution in [3.8, 4) is 0 Å². The van der Waals surface area contributed by atoms with Gasteiger partial charge in [-0.2, -0.15) is 0 Å². The second kappa shape index (κ2) is 12.3. The molecule has 2 heterocycles. The number of nitrogens with one attached hydrogen (secondary N) is 1. The van der Waals surface area contributed by atoms with Crippen LogP contribution in [0.5, 0.6) is 0 Å². The normalized spacial score (nSPS) is 26.2. The van der Waals surface area contributed by atoms with Gasteiger partial charge in [0.1, 0.15) is 0 Å². The summed E-state index contributed by atoms with van der Waals surface area (Å²) < 4.78 is 6.06. The van der Waals surface area contributed by atoms with Crippen LogP contribution >= 0.6 is 0 Å². The van der Waals surface area contributed by atoms with Gasteiger partial charge in [0.25, 0.3) is 0 Å². The molecule has 0 aromatic carbocycles. The van der Waals surface area contributed by atoms with Gasteiger partial charge in [0.05, 0.1) is 12.7 Å². The number of rotatable bonds is 12. The number of hydrogen-bond acceptors (Lipinski definition) is 3. The van der Waals surface area contributed by atoms with Crippen LogP contribution in [-0.4, -0.2) is 49.3 Å². The molecule has 0 bridgehead atoms. The van der Waals surface area contributed by atoms with Gasteiger partial charge < -0.3 is 10.1 Å². The number of unbranched alkanes of at least 4 members (excludes halogenated alkanes) is 7. The lowest BCUT2D eigenvalue weighted by molar-refractivity contribution is -0.0581. The minimum atomic E-state index is 0.436. The number of piperidine rings is 1. The Labute approximate surface area is 150 Å². The predicted molar refractivity (Wildman–Crippen MR) is 104 cm³/mol. The predicted octanol–water partition coefficient (Wildman–Crippen LogP) is 4.75. The monoisotopic (exact) mass is 338 g/mol. The molecule has 2 aliphatic heterocycles. The lowest BCUT2D eigenvalue weighted by atomic mass is 9.94. The van der Waals surface area contributed by atoms with Crippen molar-refractivity contribution in [2.45, 2.75) is 109 Å². The molecule has 0 spiro atoms. The van der Waals surface area contributed by atoms with E-state index >= 15 is 0 Å². The topological polar surface area (TPSA) is 24.5 Å². The standard InChI is InChI=1S/C21H42N2O/c1-3-5-7-9-11-13-19(12-10-8-6-4-2)23-16-14-20-21(18-23)24-17-15-22-20/h19-22H,3-18H2,1-2H3/t19?,20-,21-/m1/s1. The van der Waals surface area contributed by atoms with E-state index < -0.39 is 0 Å². The van der Waals surface area contributed by atoms with E-state index in [9.17, 15) is 0 Å². The Morgan fingerprint density at radius 2 is 1.62 bits per heavy atom. The minimum Gasteiger partial charge on any atom is -0.374 e. The van der Waals surface area contributed by atoms with Crippen LogP contribution in [-0.2, 0) is 4.74 Å². The summed E-state index contributed by atoms with van der Waals surface area (Å²) >= 11 is 0. The van der Waals surface area contributed by atoms with Crippen LogP contribution in [0, 0.1) is 0 Å². The minimum absolute atomic E-state index is 0.436. The first-order chi connectivity index (χ1) is 11.8. The van der Waals surface area contributed by atoms with E-state index in [0.29, 0.717) is 12.1 Å². The van der Waals surface area contributed by atoms with Crippen LogP contribution in [0.1, 0.15) is 90.9 Å². The molecule has 1 unspecified atom stereocenters. The molecule has 142 valence electrons.